The zero-order valence-corrected chi connectivity index (χ0v) is 9.52. The summed E-state index contributed by atoms with van der Waals surface area (Å²) < 4.78 is 13.4. The van der Waals surface area contributed by atoms with Gasteiger partial charge in [0.2, 0.25) is 5.91 Å². The lowest BCUT2D eigenvalue weighted by atomic mass is 10.1. The van der Waals surface area contributed by atoms with Crippen LogP contribution < -0.4 is 0 Å². The third kappa shape index (κ3) is 2.18. The lowest BCUT2D eigenvalue weighted by Crippen LogP contribution is -2.33. The van der Waals surface area contributed by atoms with Crippen LogP contribution in [0.5, 0.6) is 0 Å². The van der Waals surface area contributed by atoms with Gasteiger partial charge in [0.1, 0.15) is 0 Å². The maximum atomic E-state index is 13.4. The minimum atomic E-state index is -0.690. The zero-order valence-electron chi connectivity index (χ0n) is 9.52. The first kappa shape index (κ1) is 11.7. The molecule has 0 spiro atoms. The van der Waals surface area contributed by atoms with Crippen molar-refractivity contribution in [1.82, 2.24) is 9.88 Å². The van der Waals surface area contributed by atoms with Crippen LogP contribution in [0, 0.1) is 11.7 Å². The number of halogens is 1. The molecule has 0 aromatic carbocycles. The van der Waals surface area contributed by atoms with Gasteiger partial charge < -0.3 is 0 Å². The molecule has 1 unspecified atom stereocenters. The van der Waals surface area contributed by atoms with E-state index in [1.165, 1.54) is 12.3 Å². The second-order valence-electron chi connectivity index (χ2n) is 4.14. The number of imide groups is 1. The Morgan fingerprint density at radius 2 is 2.41 bits per heavy atom. The van der Waals surface area contributed by atoms with Crippen LogP contribution in [0.15, 0.2) is 18.5 Å². The average molecular weight is 236 g/mol. The van der Waals surface area contributed by atoms with Gasteiger partial charge in [0.25, 0.3) is 5.91 Å². The minimum absolute atomic E-state index is 0.0925. The van der Waals surface area contributed by atoms with Crippen molar-refractivity contribution in [2.24, 2.45) is 5.92 Å². The molecule has 1 atom stereocenters. The molecule has 1 fully saturated rings. The molecule has 1 aliphatic heterocycles. The summed E-state index contributed by atoms with van der Waals surface area (Å²) in [5, 5.41) is 0. The third-order valence-electron chi connectivity index (χ3n) is 3.03. The highest BCUT2D eigenvalue weighted by Gasteiger charge is 2.34. The molecule has 2 amide bonds. The van der Waals surface area contributed by atoms with Crippen LogP contribution in [-0.2, 0) is 4.79 Å². The predicted octanol–water partition coefficient (Wildman–Crippen LogP) is 1.62. The van der Waals surface area contributed by atoms with Crippen molar-refractivity contribution in [3.8, 4) is 0 Å². The lowest BCUT2D eigenvalue weighted by molar-refractivity contribution is -0.125. The van der Waals surface area contributed by atoms with E-state index in [2.05, 4.69) is 4.98 Å². The molecule has 1 saturated heterocycles. The minimum Gasteiger partial charge on any atom is -0.278 e. The smallest absolute Gasteiger partial charge is 0.263 e. The predicted molar refractivity (Wildman–Crippen MR) is 58.6 cm³/mol. The molecule has 4 nitrogen and oxygen atoms in total. The van der Waals surface area contributed by atoms with Gasteiger partial charge in [0.05, 0.1) is 11.8 Å². The van der Waals surface area contributed by atoms with Gasteiger partial charge in [-0.05, 0) is 12.0 Å². The largest absolute Gasteiger partial charge is 0.278 e. The normalized spacial score (nSPS) is 19.8. The Morgan fingerprint density at radius 1 is 1.65 bits per heavy atom. The van der Waals surface area contributed by atoms with Gasteiger partial charge in [-0.1, -0.05) is 13.3 Å². The van der Waals surface area contributed by atoms with E-state index in [1.807, 2.05) is 6.92 Å². The number of aromatic nitrogens is 1. The highest BCUT2D eigenvalue weighted by molar-refractivity contribution is 6.05. The highest BCUT2D eigenvalue weighted by Crippen LogP contribution is 2.22. The fourth-order valence-electron chi connectivity index (χ4n) is 1.95. The molecular weight excluding hydrogens is 223 g/mol. The Bertz CT molecular complexity index is 462. The number of carbonyl (C=O) groups is 2. The topological polar surface area (TPSA) is 50.3 Å². The Kier molecular flexibility index (Phi) is 3.17. The van der Waals surface area contributed by atoms with E-state index in [1.54, 1.807) is 0 Å². The SMILES string of the molecule is CCC1CC(=O)N(C(=O)c2ccncc2F)C1. The first-order valence-corrected chi connectivity index (χ1v) is 5.57. The van der Waals surface area contributed by atoms with E-state index >= 15 is 0 Å². The van der Waals surface area contributed by atoms with Crippen molar-refractivity contribution in [2.75, 3.05) is 6.54 Å². The van der Waals surface area contributed by atoms with Crippen molar-refractivity contribution >= 4 is 11.8 Å². The summed E-state index contributed by atoms with van der Waals surface area (Å²) in [4.78, 5) is 28.3. The van der Waals surface area contributed by atoms with E-state index in [0.717, 1.165) is 17.5 Å². The molecule has 90 valence electrons. The van der Waals surface area contributed by atoms with Crippen molar-refractivity contribution < 1.29 is 14.0 Å². The number of pyridine rings is 1. The summed E-state index contributed by atoms with van der Waals surface area (Å²) in [5.41, 5.74) is -0.0925. The van der Waals surface area contributed by atoms with Crippen LogP contribution in [-0.4, -0.2) is 28.2 Å². The van der Waals surface area contributed by atoms with Gasteiger partial charge in [-0.15, -0.1) is 0 Å². The monoisotopic (exact) mass is 236 g/mol. The molecule has 1 aromatic rings. The molecule has 2 heterocycles. The lowest BCUT2D eigenvalue weighted by Gasteiger charge is -2.14. The van der Waals surface area contributed by atoms with Crippen LogP contribution in [0.25, 0.3) is 0 Å². The molecule has 1 aromatic heterocycles. The number of carbonyl (C=O) groups excluding carboxylic acids is 2. The van der Waals surface area contributed by atoms with Crippen LogP contribution >= 0.6 is 0 Å². The molecule has 0 saturated carbocycles. The summed E-state index contributed by atoms with van der Waals surface area (Å²) in [5.74, 6) is -1.29. The number of rotatable bonds is 2. The maximum Gasteiger partial charge on any atom is 0.263 e. The molecule has 5 heteroatoms. The van der Waals surface area contributed by atoms with Crippen LogP contribution in [0.1, 0.15) is 30.1 Å². The number of amides is 2. The molecule has 2 rings (SSSR count). The van der Waals surface area contributed by atoms with Crippen LogP contribution in [0.4, 0.5) is 4.39 Å². The summed E-state index contributed by atoms with van der Waals surface area (Å²) in [6.07, 6.45) is 3.53. The molecule has 0 N–H and O–H groups in total. The first-order valence-electron chi connectivity index (χ1n) is 5.57. The van der Waals surface area contributed by atoms with Crippen LogP contribution in [0.3, 0.4) is 0 Å². The Hall–Kier alpha value is -1.78. The van der Waals surface area contributed by atoms with Crippen molar-refractivity contribution in [3.05, 3.63) is 29.8 Å². The van der Waals surface area contributed by atoms with Crippen LogP contribution in [0.2, 0.25) is 0 Å². The van der Waals surface area contributed by atoms with E-state index in [0.29, 0.717) is 13.0 Å². The first-order chi connectivity index (χ1) is 8.13. The third-order valence-corrected chi connectivity index (χ3v) is 3.03. The standard InChI is InChI=1S/C12H13FN2O2/c1-2-8-5-11(16)15(7-8)12(17)9-3-4-14-6-10(9)13/h3-4,6,8H,2,5,7H2,1H3. The summed E-state index contributed by atoms with van der Waals surface area (Å²) in [6.45, 7) is 2.36. The maximum absolute atomic E-state index is 13.4. The van der Waals surface area contributed by atoms with Crippen molar-refractivity contribution in [1.29, 1.82) is 0 Å². The second kappa shape index (κ2) is 4.61. The van der Waals surface area contributed by atoms with Crippen molar-refractivity contribution in [2.45, 2.75) is 19.8 Å². The fraction of sp³-hybridized carbons (Fsp3) is 0.417. The van der Waals surface area contributed by atoms with E-state index in [9.17, 15) is 14.0 Å². The Balaban J connectivity index is 2.22. The van der Waals surface area contributed by atoms with E-state index in [4.69, 9.17) is 0 Å². The van der Waals surface area contributed by atoms with Gasteiger partial charge in [-0.2, -0.15) is 0 Å². The molecule has 17 heavy (non-hydrogen) atoms. The van der Waals surface area contributed by atoms with Gasteiger partial charge in [0.15, 0.2) is 5.82 Å². The number of likely N-dealkylation sites (tertiary alicyclic amines) is 1. The summed E-state index contributed by atoms with van der Waals surface area (Å²) in [7, 11) is 0. The van der Waals surface area contributed by atoms with Gasteiger partial charge in [-0.3, -0.25) is 19.5 Å². The quantitative estimate of drug-likeness (QED) is 0.733. The van der Waals surface area contributed by atoms with Gasteiger partial charge in [-0.25, -0.2) is 4.39 Å². The van der Waals surface area contributed by atoms with Gasteiger partial charge in [0, 0.05) is 19.2 Å². The molecule has 0 aliphatic carbocycles. The number of hydrogen-bond acceptors (Lipinski definition) is 3. The number of hydrogen-bond donors (Lipinski definition) is 0. The zero-order chi connectivity index (χ0) is 12.4. The van der Waals surface area contributed by atoms with Crippen molar-refractivity contribution in [3.63, 3.8) is 0 Å². The summed E-state index contributed by atoms with van der Waals surface area (Å²) >= 11 is 0. The van der Waals surface area contributed by atoms with E-state index in [-0.39, 0.29) is 17.4 Å². The second-order valence-corrected chi connectivity index (χ2v) is 4.14. The summed E-state index contributed by atoms with van der Waals surface area (Å²) in [6, 6.07) is 1.30. The molecule has 0 bridgehead atoms. The number of nitrogens with zero attached hydrogens (tertiary/aromatic N) is 2. The molecule has 0 radical (unpaired) electrons. The van der Waals surface area contributed by atoms with Gasteiger partial charge >= 0.3 is 0 Å². The molecular formula is C12H13FN2O2. The fourth-order valence-corrected chi connectivity index (χ4v) is 1.95. The highest BCUT2D eigenvalue weighted by atomic mass is 19.1. The average Bonchev–Trinajstić information content (AvgIpc) is 2.70. The van der Waals surface area contributed by atoms with E-state index < -0.39 is 11.7 Å². The molecule has 1 aliphatic rings. The Morgan fingerprint density at radius 3 is 3.00 bits per heavy atom. The Labute approximate surface area is 98.4 Å².